The third-order valence-electron chi connectivity index (χ3n) is 8.35. The molecule has 0 aromatic heterocycles. The van der Waals surface area contributed by atoms with Gasteiger partial charge in [-0.05, 0) is 57.6 Å². The van der Waals surface area contributed by atoms with Gasteiger partial charge in [-0.1, -0.05) is 102 Å². The molecule has 236 valence electrons. The number of aliphatic imine (C=N–C) groups is 1. The Labute approximate surface area is 270 Å². The second-order valence-electron chi connectivity index (χ2n) is 13.7. The normalized spacial score (nSPS) is 21.8. The molecule has 0 bridgehead atoms. The molecule has 45 heavy (non-hydrogen) atoms. The van der Waals surface area contributed by atoms with E-state index in [0.29, 0.717) is 5.57 Å². The van der Waals surface area contributed by atoms with Gasteiger partial charge >= 0.3 is 5.97 Å². The van der Waals surface area contributed by atoms with Crippen LogP contribution >= 0.6 is 11.8 Å². The van der Waals surface area contributed by atoms with Crippen LogP contribution in [0.1, 0.15) is 82.4 Å². The number of thioether (sulfide) groups is 1. The van der Waals surface area contributed by atoms with Crippen molar-refractivity contribution in [3.05, 3.63) is 112 Å². The zero-order valence-corrected chi connectivity index (χ0v) is 28.0. The summed E-state index contributed by atoms with van der Waals surface area (Å²) in [6.07, 6.45) is 1.01. The number of phenolic OH excluding ortho intramolecular Hbond substituents is 1. The molecule has 3 aromatic carbocycles. The number of carbonyl (C=O) groups excluding carboxylic acids is 2. The average molecular weight is 627 g/mol. The standard InChI is InChI=1S/C37H42N2O5S/c1-23-22-45-34-37(43-8,38-21-24-19-27(35(2,3)4)30(40)28(20-24)36(5,6)7)33(42)39(34)29(23)32(41)44-31(25-15-11-9-12-16-25)26-17-13-10-14-18-26/h9-22,29,31,34,40H,1-8H3/t29?,34-,37-/m0/s1. The molecule has 1 saturated heterocycles. The molecule has 2 aliphatic heterocycles. The molecule has 1 N–H and O–H groups in total. The molecule has 0 saturated carbocycles. The second kappa shape index (κ2) is 12.1. The Kier molecular flexibility index (Phi) is 8.77. The van der Waals surface area contributed by atoms with E-state index in [4.69, 9.17) is 14.5 Å². The van der Waals surface area contributed by atoms with Crippen LogP contribution in [0.25, 0.3) is 0 Å². The summed E-state index contributed by atoms with van der Waals surface area (Å²) >= 11 is 1.40. The Balaban J connectivity index is 1.46. The molecule has 1 amide bonds. The van der Waals surface area contributed by atoms with E-state index >= 15 is 0 Å². The van der Waals surface area contributed by atoms with Crippen molar-refractivity contribution in [1.82, 2.24) is 4.90 Å². The van der Waals surface area contributed by atoms with Gasteiger partial charge in [-0.3, -0.25) is 4.79 Å². The third kappa shape index (κ3) is 6.06. The van der Waals surface area contributed by atoms with Gasteiger partial charge in [0, 0.05) is 24.5 Å². The molecule has 1 unspecified atom stereocenters. The lowest BCUT2D eigenvalue weighted by Gasteiger charge is -2.55. The molecule has 8 heteroatoms. The van der Waals surface area contributed by atoms with Gasteiger partial charge in [-0.2, -0.15) is 0 Å². The van der Waals surface area contributed by atoms with Crippen LogP contribution < -0.4 is 0 Å². The molecule has 2 aliphatic rings. The number of amides is 1. The van der Waals surface area contributed by atoms with E-state index in [1.54, 1.807) is 6.21 Å². The van der Waals surface area contributed by atoms with Crippen molar-refractivity contribution in [2.45, 2.75) is 82.5 Å². The average Bonchev–Trinajstić information content (AvgIpc) is 3.00. The summed E-state index contributed by atoms with van der Waals surface area (Å²) < 4.78 is 12.0. The summed E-state index contributed by atoms with van der Waals surface area (Å²) in [5.74, 6) is -0.652. The Morgan fingerprint density at radius 1 is 0.956 bits per heavy atom. The number of carbonyl (C=O) groups is 2. The van der Waals surface area contributed by atoms with Crippen LogP contribution in [0.3, 0.4) is 0 Å². The van der Waals surface area contributed by atoms with E-state index in [9.17, 15) is 14.7 Å². The minimum atomic E-state index is -1.51. The first-order valence-corrected chi connectivity index (χ1v) is 16.1. The van der Waals surface area contributed by atoms with Crippen molar-refractivity contribution in [3.63, 3.8) is 0 Å². The summed E-state index contributed by atoms with van der Waals surface area (Å²) in [5, 5.41) is 12.5. The Morgan fingerprint density at radius 3 is 1.93 bits per heavy atom. The number of hydrogen-bond donors (Lipinski definition) is 1. The van der Waals surface area contributed by atoms with Gasteiger partial charge in [0.15, 0.2) is 12.1 Å². The maximum absolute atomic E-state index is 14.0. The number of fused-ring (bicyclic) bond motifs is 1. The SMILES string of the molecule is CO[C@@]1(N=Cc2cc(C(C)(C)C)c(O)c(C(C)(C)C)c2)C(=O)N2C(C(=O)OC(c3ccccc3)c3ccccc3)C(C)=CS[C@H]21. The number of benzene rings is 3. The first-order valence-electron chi connectivity index (χ1n) is 15.1. The van der Waals surface area contributed by atoms with Gasteiger partial charge in [0.1, 0.15) is 11.1 Å². The van der Waals surface area contributed by atoms with E-state index in [1.807, 2.05) is 127 Å². The molecule has 0 aliphatic carbocycles. The second-order valence-corrected chi connectivity index (χ2v) is 14.7. The summed E-state index contributed by atoms with van der Waals surface area (Å²) in [5.41, 5.74) is 2.58. The molecule has 3 atom stereocenters. The quantitative estimate of drug-likeness (QED) is 0.169. The topological polar surface area (TPSA) is 88.4 Å². The van der Waals surface area contributed by atoms with Crippen molar-refractivity contribution < 1.29 is 24.2 Å². The minimum Gasteiger partial charge on any atom is -0.507 e. The Morgan fingerprint density at radius 2 is 1.47 bits per heavy atom. The number of rotatable bonds is 7. The van der Waals surface area contributed by atoms with E-state index in [0.717, 1.165) is 27.8 Å². The highest BCUT2D eigenvalue weighted by atomic mass is 32.2. The van der Waals surface area contributed by atoms with E-state index in [-0.39, 0.29) is 16.6 Å². The molecular weight excluding hydrogens is 584 g/mol. The number of methoxy groups -OCH3 is 1. The fraction of sp³-hybridized carbons (Fsp3) is 0.378. The van der Waals surface area contributed by atoms with Crippen LogP contribution in [0.4, 0.5) is 0 Å². The zero-order chi connectivity index (χ0) is 32.7. The van der Waals surface area contributed by atoms with Crippen LogP contribution in [0, 0.1) is 0 Å². The van der Waals surface area contributed by atoms with Crippen molar-refractivity contribution in [3.8, 4) is 5.75 Å². The van der Waals surface area contributed by atoms with Gasteiger partial charge in [0.05, 0.1) is 0 Å². The van der Waals surface area contributed by atoms with Crippen LogP contribution in [0.2, 0.25) is 0 Å². The lowest BCUT2D eigenvalue weighted by molar-refractivity contribution is -0.193. The molecular formula is C37H42N2O5S. The van der Waals surface area contributed by atoms with E-state index in [1.165, 1.54) is 23.8 Å². The summed E-state index contributed by atoms with van der Waals surface area (Å²) in [6, 6.07) is 22.1. The highest BCUT2D eigenvalue weighted by Gasteiger charge is 2.66. The number of hydrogen-bond acceptors (Lipinski definition) is 7. The highest BCUT2D eigenvalue weighted by molar-refractivity contribution is 8.03. The van der Waals surface area contributed by atoms with Crippen molar-refractivity contribution in [2.75, 3.05) is 7.11 Å². The zero-order valence-electron chi connectivity index (χ0n) is 27.2. The number of ether oxygens (including phenoxy) is 2. The number of esters is 1. The number of phenols is 1. The molecule has 0 radical (unpaired) electrons. The summed E-state index contributed by atoms with van der Waals surface area (Å²) in [6.45, 7) is 14.1. The fourth-order valence-electron chi connectivity index (χ4n) is 5.85. The predicted molar refractivity (Wildman–Crippen MR) is 179 cm³/mol. The maximum Gasteiger partial charge on any atom is 0.334 e. The molecule has 2 heterocycles. The molecule has 0 spiro atoms. The van der Waals surface area contributed by atoms with Gasteiger partial charge in [0.2, 0.25) is 0 Å². The molecule has 7 nitrogen and oxygen atoms in total. The molecule has 3 aromatic rings. The van der Waals surface area contributed by atoms with Crippen LogP contribution in [-0.4, -0.2) is 52.3 Å². The van der Waals surface area contributed by atoms with Gasteiger partial charge in [-0.15, -0.1) is 11.8 Å². The Hall–Kier alpha value is -3.88. The largest absolute Gasteiger partial charge is 0.507 e. The van der Waals surface area contributed by atoms with E-state index in [2.05, 4.69) is 0 Å². The van der Waals surface area contributed by atoms with Gasteiger partial charge < -0.3 is 19.5 Å². The van der Waals surface area contributed by atoms with Crippen LogP contribution in [0.5, 0.6) is 5.75 Å². The van der Waals surface area contributed by atoms with Crippen LogP contribution in [-0.2, 0) is 29.9 Å². The predicted octanol–water partition coefficient (Wildman–Crippen LogP) is 7.27. The lowest BCUT2D eigenvalue weighted by Crippen LogP contribution is -2.76. The van der Waals surface area contributed by atoms with Crippen molar-refractivity contribution in [1.29, 1.82) is 0 Å². The summed E-state index contributed by atoms with van der Waals surface area (Å²) in [7, 11) is 1.46. The lowest BCUT2D eigenvalue weighted by atomic mass is 9.78. The van der Waals surface area contributed by atoms with Crippen molar-refractivity contribution >= 4 is 29.9 Å². The Bertz CT molecular complexity index is 1560. The molecule has 1 fully saturated rings. The number of β-lactam (4-membered cyclic amide) rings is 1. The smallest absolute Gasteiger partial charge is 0.334 e. The number of nitrogens with zero attached hydrogens (tertiary/aromatic N) is 2. The fourth-order valence-corrected chi connectivity index (χ4v) is 7.12. The van der Waals surface area contributed by atoms with Gasteiger partial charge in [0.25, 0.3) is 11.6 Å². The first-order chi connectivity index (χ1) is 21.2. The first kappa shape index (κ1) is 32.5. The monoisotopic (exact) mass is 626 g/mol. The highest BCUT2D eigenvalue weighted by Crippen LogP contribution is 2.49. The van der Waals surface area contributed by atoms with Gasteiger partial charge in [-0.25, -0.2) is 9.79 Å². The third-order valence-corrected chi connectivity index (χ3v) is 9.66. The number of aromatic hydroxyl groups is 1. The maximum atomic E-state index is 14.0. The van der Waals surface area contributed by atoms with E-state index < -0.39 is 35.1 Å². The minimum absolute atomic E-state index is 0.272. The summed E-state index contributed by atoms with van der Waals surface area (Å²) in [4.78, 5) is 34.1. The molecule has 5 rings (SSSR count). The van der Waals surface area contributed by atoms with Crippen LogP contribution in [0.15, 0.2) is 88.8 Å². The van der Waals surface area contributed by atoms with Crippen molar-refractivity contribution in [2.24, 2.45) is 4.99 Å².